The molecule has 11 heavy (non-hydrogen) atoms. The van der Waals surface area contributed by atoms with Gasteiger partial charge >= 0.3 is 0 Å². The predicted octanol–water partition coefficient (Wildman–Crippen LogP) is 1.65. The summed E-state index contributed by atoms with van der Waals surface area (Å²) in [6.07, 6.45) is 4.97. The zero-order valence-electron chi connectivity index (χ0n) is 7.24. The molecule has 0 aliphatic rings. The molecule has 0 radical (unpaired) electrons. The number of hydrogen-bond acceptors (Lipinski definition) is 3. The van der Waals surface area contributed by atoms with Crippen molar-refractivity contribution in [3.8, 4) is 0 Å². The zero-order valence-corrected chi connectivity index (χ0v) is 7.24. The summed E-state index contributed by atoms with van der Waals surface area (Å²) in [4.78, 5) is 7.84. The Bertz CT molecular complexity index is 165. The van der Waals surface area contributed by atoms with Crippen LogP contribution in [0, 0.1) is 0 Å². The number of aromatic nitrogens is 2. The highest BCUT2D eigenvalue weighted by Gasteiger charge is 1.87. The molecule has 1 aromatic heterocycles. The average Bonchev–Trinajstić information content (AvgIpc) is 2.11. The summed E-state index contributed by atoms with van der Waals surface area (Å²) in [5.74, 6) is 0. The van der Waals surface area contributed by atoms with E-state index in [-0.39, 0.29) is 0 Å². The summed E-state index contributed by atoms with van der Waals surface area (Å²) in [5.41, 5.74) is 0.861. The first kappa shape index (κ1) is 10.0. The van der Waals surface area contributed by atoms with Crippen LogP contribution in [0.1, 0.15) is 19.5 Å². The Balaban J connectivity index is 0.000000461. The van der Waals surface area contributed by atoms with E-state index in [2.05, 4.69) is 9.97 Å². The molecular weight excluding hydrogens is 140 g/mol. The normalized spacial score (nSPS) is 8.27. The van der Waals surface area contributed by atoms with Crippen molar-refractivity contribution in [3.05, 3.63) is 24.3 Å². The first-order valence-corrected chi connectivity index (χ1v) is 3.67. The minimum Gasteiger partial charge on any atom is -0.378 e. The van der Waals surface area contributed by atoms with Gasteiger partial charge in [-0.05, 0) is 0 Å². The van der Waals surface area contributed by atoms with Gasteiger partial charge in [-0.2, -0.15) is 0 Å². The molecule has 1 heterocycles. The fourth-order valence-corrected chi connectivity index (χ4v) is 0.552. The van der Waals surface area contributed by atoms with E-state index in [0.29, 0.717) is 6.61 Å². The van der Waals surface area contributed by atoms with Crippen LogP contribution in [0.4, 0.5) is 0 Å². The lowest BCUT2D eigenvalue weighted by molar-refractivity contribution is 0.181. The van der Waals surface area contributed by atoms with E-state index >= 15 is 0 Å². The zero-order chi connectivity index (χ0) is 8.53. The second kappa shape index (κ2) is 7.15. The molecule has 1 rings (SSSR count). The van der Waals surface area contributed by atoms with Crippen molar-refractivity contribution >= 4 is 0 Å². The Hall–Kier alpha value is -0.960. The first-order chi connectivity index (χ1) is 5.43. The van der Waals surface area contributed by atoms with Crippen molar-refractivity contribution < 1.29 is 4.74 Å². The van der Waals surface area contributed by atoms with E-state index in [1.165, 1.54) is 0 Å². The second-order valence-corrected chi connectivity index (χ2v) is 1.63. The Morgan fingerprint density at radius 3 is 2.55 bits per heavy atom. The Kier molecular flexibility index (Phi) is 6.53. The summed E-state index contributed by atoms with van der Waals surface area (Å²) in [6, 6.07) is 0. The maximum absolute atomic E-state index is 4.83. The number of hydrogen-bond donors (Lipinski definition) is 0. The van der Waals surface area contributed by atoms with Crippen LogP contribution in [-0.4, -0.2) is 17.1 Å². The third kappa shape index (κ3) is 4.44. The summed E-state index contributed by atoms with van der Waals surface area (Å²) in [6.45, 7) is 4.54. The van der Waals surface area contributed by atoms with Crippen LogP contribution in [0.25, 0.3) is 0 Å². The van der Waals surface area contributed by atoms with E-state index in [1.54, 1.807) is 25.7 Å². The maximum Gasteiger partial charge on any atom is 0.0899 e. The third-order valence-corrected chi connectivity index (χ3v) is 0.909. The van der Waals surface area contributed by atoms with Crippen LogP contribution >= 0.6 is 0 Å². The Labute approximate surface area is 67.4 Å². The molecule has 0 fully saturated rings. The smallest absolute Gasteiger partial charge is 0.0899 e. The molecule has 0 saturated carbocycles. The number of nitrogens with zero attached hydrogens (tertiary/aromatic N) is 2. The van der Waals surface area contributed by atoms with Gasteiger partial charge in [0.15, 0.2) is 0 Å². The molecule has 0 aromatic carbocycles. The van der Waals surface area contributed by atoms with Gasteiger partial charge in [-0.25, -0.2) is 0 Å². The molecule has 0 unspecified atom stereocenters. The monoisotopic (exact) mass is 154 g/mol. The van der Waals surface area contributed by atoms with Gasteiger partial charge in [0.2, 0.25) is 0 Å². The quantitative estimate of drug-likeness (QED) is 0.649. The molecule has 0 saturated heterocycles. The number of methoxy groups -OCH3 is 1. The third-order valence-electron chi connectivity index (χ3n) is 0.909. The molecule has 0 aliphatic carbocycles. The van der Waals surface area contributed by atoms with Crippen molar-refractivity contribution in [1.29, 1.82) is 0 Å². The molecule has 3 heteroatoms. The van der Waals surface area contributed by atoms with E-state index in [1.807, 2.05) is 13.8 Å². The van der Waals surface area contributed by atoms with Crippen LogP contribution in [0.5, 0.6) is 0 Å². The van der Waals surface area contributed by atoms with Gasteiger partial charge in [-0.15, -0.1) is 0 Å². The van der Waals surface area contributed by atoms with E-state index < -0.39 is 0 Å². The highest BCUT2D eigenvalue weighted by molar-refractivity contribution is 4.91. The number of rotatable bonds is 2. The van der Waals surface area contributed by atoms with Crippen molar-refractivity contribution in [2.45, 2.75) is 20.5 Å². The van der Waals surface area contributed by atoms with E-state index in [0.717, 1.165) is 5.69 Å². The first-order valence-electron chi connectivity index (χ1n) is 3.67. The van der Waals surface area contributed by atoms with Crippen molar-refractivity contribution in [2.24, 2.45) is 0 Å². The second-order valence-electron chi connectivity index (χ2n) is 1.63. The van der Waals surface area contributed by atoms with Crippen LogP contribution in [0.15, 0.2) is 18.6 Å². The van der Waals surface area contributed by atoms with Gasteiger partial charge in [0.1, 0.15) is 0 Å². The minimum absolute atomic E-state index is 0.536. The van der Waals surface area contributed by atoms with Crippen molar-refractivity contribution in [2.75, 3.05) is 7.11 Å². The van der Waals surface area contributed by atoms with Gasteiger partial charge in [0.25, 0.3) is 0 Å². The minimum atomic E-state index is 0.536. The van der Waals surface area contributed by atoms with Gasteiger partial charge in [-0.3, -0.25) is 9.97 Å². The van der Waals surface area contributed by atoms with Crippen LogP contribution in [-0.2, 0) is 11.3 Å². The van der Waals surface area contributed by atoms with Crippen molar-refractivity contribution in [1.82, 2.24) is 9.97 Å². The maximum atomic E-state index is 4.83. The van der Waals surface area contributed by atoms with E-state index in [4.69, 9.17) is 4.74 Å². The molecule has 0 spiro atoms. The summed E-state index contributed by atoms with van der Waals surface area (Å²) in [7, 11) is 1.63. The summed E-state index contributed by atoms with van der Waals surface area (Å²) in [5, 5.41) is 0. The highest BCUT2D eigenvalue weighted by atomic mass is 16.5. The van der Waals surface area contributed by atoms with Crippen LogP contribution < -0.4 is 0 Å². The molecule has 3 nitrogen and oxygen atoms in total. The van der Waals surface area contributed by atoms with E-state index in [9.17, 15) is 0 Å². The predicted molar refractivity (Wildman–Crippen MR) is 44.1 cm³/mol. The Morgan fingerprint density at radius 2 is 2.09 bits per heavy atom. The fraction of sp³-hybridized carbons (Fsp3) is 0.500. The lowest BCUT2D eigenvalue weighted by Crippen LogP contribution is -1.90. The average molecular weight is 154 g/mol. The molecule has 62 valence electrons. The standard InChI is InChI=1S/C6H8N2O.C2H6/c1-9-5-6-4-7-2-3-8-6;1-2/h2-4H,5H2,1H3;1-2H3. The summed E-state index contributed by atoms with van der Waals surface area (Å²) >= 11 is 0. The van der Waals surface area contributed by atoms with Gasteiger partial charge < -0.3 is 4.74 Å². The Morgan fingerprint density at radius 1 is 1.36 bits per heavy atom. The summed E-state index contributed by atoms with van der Waals surface area (Å²) < 4.78 is 4.83. The molecule has 0 bridgehead atoms. The molecule has 0 atom stereocenters. The molecule has 0 aliphatic heterocycles. The number of ether oxygens (including phenoxy) is 1. The molecular formula is C8H14N2O. The largest absolute Gasteiger partial charge is 0.378 e. The topological polar surface area (TPSA) is 35.0 Å². The SMILES string of the molecule is CC.COCc1cnccn1. The van der Waals surface area contributed by atoms with Crippen LogP contribution in [0.2, 0.25) is 0 Å². The molecule has 0 N–H and O–H groups in total. The highest BCUT2D eigenvalue weighted by Crippen LogP contribution is 1.89. The molecule has 0 amide bonds. The lowest BCUT2D eigenvalue weighted by Gasteiger charge is -1.93. The van der Waals surface area contributed by atoms with Gasteiger partial charge in [-0.1, -0.05) is 13.8 Å². The lowest BCUT2D eigenvalue weighted by atomic mass is 10.5. The van der Waals surface area contributed by atoms with Crippen molar-refractivity contribution in [3.63, 3.8) is 0 Å². The fourth-order valence-electron chi connectivity index (χ4n) is 0.552. The van der Waals surface area contributed by atoms with Gasteiger partial charge in [0.05, 0.1) is 18.5 Å². The van der Waals surface area contributed by atoms with Crippen LogP contribution in [0.3, 0.4) is 0 Å². The molecule has 1 aromatic rings. The van der Waals surface area contributed by atoms with Gasteiger partial charge in [0, 0.05) is 19.5 Å².